The Labute approximate surface area is 189 Å². The maximum atomic E-state index is 14.8. The Morgan fingerprint density at radius 3 is 3.03 bits per heavy atom. The average molecular weight is 446 g/mol. The van der Waals surface area contributed by atoms with E-state index >= 15 is 0 Å². The summed E-state index contributed by atoms with van der Waals surface area (Å²) >= 11 is 0. The van der Waals surface area contributed by atoms with Crippen LogP contribution in [0.15, 0.2) is 49.2 Å². The lowest BCUT2D eigenvalue weighted by atomic mass is 10.0. The molecule has 168 valence electrons. The lowest BCUT2D eigenvalue weighted by molar-refractivity contribution is -0.133. The number of pyridine rings is 1. The van der Waals surface area contributed by atoms with E-state index in [4.69, 9.17) is 10.5 Å². The molecule has 0 saturated heterocycles. The highest BCUT2D eigenvalue weighted by Crippen LogP contribution is 2.32. The number of nitrogens with one attached hydrogen (secondary N) is 1. The number of amides is 1. The minimum absolute atomic E-state index is 0.0964. The summed E-state index contributed by atoms with van der Waals surface area (Å²) in [6, 6.07) is 5.58. The minimum Gasteiger partial charge on any atom is -0.453 e. The molecule has 3 N–H and O–H groups in total. The zero-order chi connectivity index (χ0) is 22.9. The molecule has 0 radical (unpaired) electrons. The average Bonchev–Trinajstić information content (AvgIpc) is 3.21. The first kappa shape index (κ1) is 21.0. The molecule has 3 aromatic heterocycles. The number of carbonyl (C=O) groups is 1. The number of H-pyrrole nitrogens is 1. The monoisotopic (exact) mass is 446 g/mol. The van der Waals surface area contributed by atoms with Crippen molar-refractivity contribution in [1.82, 2.24) is 24.8 Å². The van der Waals surface area contributed by atoms with Gasteiger partial charge >= 0.3 is 0 Å². The van der Waals surface area contributed by atoms with E-state index < -0.39 is 11.9 Å². The number of hydrogen-bond acceptors (Lipinski definition) is 6. The molecule has 1 aliphatic rings. The van der Waals surface area contributed by atoms with Gasteiger partial charge in [-0.25, -0.2) is 19.3 Å². The van der Waals surface area contributed by atoms with Crippen molar-refractivity contribution in [2.75, 3.05) is 6.54 Å². The molecule has 1 atom stereocenters. The molecule has 1 aliphatic heterocycles. The molecule has 4 heterocycles. The van der Waals surface area contributed by atoms with Crippen LogP contribution in [0.3, 0.4) is 0 Å². The summed E-state index contributed by atoms with van der Waals surface area (Å²) in [6.07, 6.45) is 7.61. The van der Waals surface area contributed by atoms with Crippen molar-refractivity contribution in [1.29, 1.82) is 0 Å². The van der Waals surface area contributed by atoms with Crippen LogP contribution in [-0.2, 0) is 24.2 Å². The largest absolute Gasteiger partial charge is 0.453 e. The maximum absolute atomic E-state index is 14.8. The van der Waals surface area contributed by atoms with E-state index in [-0.39, 0.29) is 18.1 Å². The van der Waals surface area contributed by atoms with Crippen molar-refractivity contribution in [3.05, 3.63) is 77.4 Å². The van der Waals surface area contributed by atoms with Crippen molar-refractivity contribution < 1.29 is 13.9 Å². The van der Waals surface area contributed by atoms with Gasteiger partial charge in [-0.1, -0.05) is 6.07 Å². The number of aromatic amines is 1. The van der Waals surface area contributed by atoms with Gasteiger partial charge in [0, 0.05) is 25.1 Å². The Balaban J connectivity index is 1.27. The minimum atomic E-state index is -0.776. The molecule has 0 fully saturated rings. The van der Waals surface area contributed by atoms with E-state index in [1.165, 1.54) is 12.4 Å². The fraction of sp³-hybridized carbons (Fsp3) is 0.250. The SMILES string of the molecule is Cc1c[nH]c2nccc(Oc3ccc(C[C@H](N)C(=O)N4CCc5cncnc5C4)cc3F)c12. The fourth-order valence-corrected chi connectivity index (χ4v) is 4.16. The number of aromatic nitrogens is 4. The van der Waals surface area contributed by atoms with Crippen molar-refractivity contribution in [3.8, 4) is 11.5 Å². The number of benzene rings is 1. The van der Waals surface area contributed by atoms with Gasteiger partial charge in [0.15, 0.2) is 11.6 Å². The fourth-order valence-electron chi connectivity index (χ4n) is 4.16. The number of hydrogen-bond donors (Lipinski definition) is 2. The van der Waals surface area contributed by atoms with Crippen LogP contribution in [0.2, 0.25) is 0 Å². The normalized spacial score (nSPS) is 14.2. The Bertz CT molecular complexity index is 1340. The van der Waals surface area contributed by atoms with Gasteiger partial charge in [0.1, 0.15) is 17.7 Å². The Morgan fingerprint density at radius 1 is 1.30 bits per heavy atom. The number of ether oxygens (including phenoxy) is 1. The molecule has 1 amide bonds. The first-order valence-corrected chi connectivity index (χ1v) is 10.7. The highest BCUT2D eigenvalue weighted by molar-refractivity contribution is 5.86. The summed E-state index contributed by atoms with van der Waals surface area (Å²) in [5.41, 5.74) is 10.3. The van der Waals surface area contributed by atoms with Crippen LogP contribution in [0.5, 0.6) is 11.5 Å². The van der Waals surface area contributed by atoms with E-state index in [2.05, 4.69) is 19.9 Å². The molecular weight excluding hydrogens is 423 g/mol. The standard InChI is InChI=1S/C24H23FN6O2/c1-14-10-29-23-22(14)21(4-6-28-23)33-20-3-2-15(8-17(20)25)9-18(26)24(32)31-7-5-16-11-27-13-30-19(16)12-31/h2-4,6,8,10-11,13,18H,5,7,9,12,26H2,1H3,(H,28,29)/t18-/m0/s1. The Kier molecular flexibility index (Phi) is 5.47. The van der Waals surface area contributed by atoms with E-state index in [0.717, 1.165) is 22.2 Å². The molecule has 0 bridgehead atoms. The lowest BCUT2D eigenvalue weighted by Gasteiger charge is -2.29. The Morgan fingerprint density at radius 2 is 2.18 bits per heavy atom. The summed E-state index contributed by atoms with van der Waals surface area (Å²) in [7, 11) is 0. The van der Waals surface area contributed by atoms with Crippen LogP contribution in [0.1, 0.15) is 22.4 Å². The first-order chi connectivity index (χ1) is 16.0. The third-order valence-corrected chi connectivity index (χ3v) is 5.91. The smallest absolute Gasteiger partial charge is 0.240 e. The van der Waals surface area contributed by atoms with E-state index in [0.29, 0.717) is 36.5 Å². The summed E-state index contributed by atoms with van der Waals surface area (Å²) in [4.78, 5) is 30.2. The number of nitrogens with zero attached hydrogens (tertiary/aromatic N) is 4. The highest BCUT2D eigenvalue weighted by Gasteiger charge is 2.26. The molecule has 33 heavy (non-hydrogen) atoms. The van der Waals surface area contributed by atoms with Crippen molar-refractivity contribution in [2.45, 2.75) is 32.4 Å². The van der Waals surface area contributed by atoms with Gasteiger partial charge < -0.3 is 20.4 Å². The van der Waals surface area contributed by atoms with Gasteiger partial charge in [-0.15, -0.1) is 0 Å². The first-order valence-electron chi connectivity index (χ1n) is 10.7. The number of carbonyl (C=O) groups excluding carboxylic acids is 1. The second kappa shape index (κ2) is 8.59. The third-order valence-electron chi connectivity index (χ3n) is 5.91. The Hall–Kier alpha value is -3.85. The van der Waals surface area contributed by atoms with Crippen LogP contribution in [-0.4, -0.2) is 43.3 Å². The number of fused-ring (bicyclic) bond motifs is 2. The zero-order valence-electron chi connectivity index (χ0n) is 18.1. The van der Waals surface area contributed by atoms with Crippen LogP contribution >= 0.6 is 0 Å². The van der Waals surface area contributed by atoms with E-state index in [9.17, 15) is 9.18 Å². The summed E-state index contributed by atoms with van der Waals surface area (Å²) in [5.74, 6) is -0.0819. The van der Waals surface area contributed by atoms with Gasteiger partial charge in [0.2, 0.25) is 5.91 Å². The van der Waals surface area contributed by atoms with Crippen LogP contribution in [0.25, 0.3) is 11.0 Å². The van der Waals surface area contributed by atoms with E-state index in [1.54, 1.807) is 35.5 Å². The predicted molar refractivity (Wildman–Crippen MR) is 120 cm³/mol. The van der Waals surface area contributed by atoms with Crippen molar-refractivity contribution in [3.63, 3.8) is 0 Å². The quantitative estimate of drug-likeness (QED) is 0.488. The van der Waals surface area contributed by atoms with Crippen LogP contribution < -0.4 is 10.5 Å². The van der Waals surface area contributed by atoms with Gasteiger partial charge in [0.05, 0.1) is 23.7 Å². The summed E-state index contributed by atoms with van der Waals surface area (Å²) in [6.45, 7) is 2.90. The van der Waals surface area contributed by atoms with Crippen LogP contribution in [0, 0.1) is 12.7 Å². The third kappa shape index (κ3) is 4.14. The predicted octanol–water partition coefficient (Wildman–Crippen LogP) is 3.05. The molecule has 4 aromatic rings. The second-order valence-corrected chi connectivity index (χ2v) is 8.19. The topological polar surface area (TPSA) is 110 Å². The molecular formula is C24H23FN6O2. The second-order valence-electron chi connectivity index (χ2n) is 8.19. The number of halogens is 1. The van der Waals surface area contributed by atoms with Gasteiger partial charge in [0.25, 0.3) is 0 Å². The molecule has 0 unspecified atom stereocenters. The summed E-state index contributed by atoms with van der Waals surface area (Å²) in [5, 5.41) is 0.807. The number of rotatable bonds is 5. The van der Waals surface area contributed by atoms with Gasteiger partial charge in [-0.05, 0) is 54.7 Å². The van der Waals surface area contributed by atoms with E-state index in [1.807, 2.05) is 13.1 Å². The lowest BCUT2D eigenvalue weighted by Crippen LogP contribution is -2.47. The molecule has 0 aliphatic carbocycles. The zero-order valence-corrected chi connectivity index (χ0v) is 18.1. The van der Waals surface area contributed by atoms with Crippen LogP contribution in [0.4, 0.5) is 4.39 Å². The number of aryl methyl sites for hydroxylation is 1. The van der Waals surface area contributed by atoms with Crippen molar-refractivity contribution >= 4 is 16.9 Å². The maximum Gasteiger partial charge on any atom is 0.240 e. The molecule has 0 saturated carbocycles. The van der Waals surface area contributed by atoms with Gasteiger partial charge in [-0.2, -0.15) is 0 Å². The highest BCUT2D eigenvalue weighted by atomic mass is 19.1. The summed E-state index contributed by atoms with van der Waals surface area (Å²) < 4.78 is 20.7. The van der Waals surface area contributed by atoms with Crippen molar-refractivity contribution in [2.24, 2.45) is 5.73 Å². The number of nitrogens with two attached hydrogens (primary N) is 1. The van der Waals surface area contributed by atoms with Gasteiger partial charge in [-0.3, -0.25) is 4.79 Å². The molecule has 1 aromatic carbocycles. The molecule has 8 nitrogen and oxygen atoms in total. The molecule has 0 spiro atoms. The molecule has 9 heteroatoms. The molecule has 5 rings (SSSR count).